The van der Waals surface area contributed by atoms with Crippen molar-refractivity contribution in [2.75, 3.05) is 0 Å². The lowest BCUT2D eigenvalue weighted by molar-refractivity contribution is -0.131. The number of carboxylic acids is 1. The van der Waals surface area contributed by atoms with Crippen molar-refractivity contribution in [3.05, 3.63) is 113 Å². The molecule has 0 fully saturated rings. The van der Waals surface area contributed by atoms with Crippen LogP contribution in [0.25, 0.3) is 17.2 Å². The van der Waals surface area contributed by atoms with Gasteiger partial charge in [0.1, 0.15) is 5.82 Å². The van der Waals surface area contributed by atoms with Gasteiger partial charge in [0.05, 0.1) is 0 Å². The first kappa shape index (κ1) is 20.3. The maximum Gasteiger partial charge on any atom is 0.328 e. The van der Waals surface area contributed by atoms with E-state index in [2.05, 4.69) is 38.1 Å². The molecule has 0 bridgehead atoms. The van der Waals surface area contributed by atoms with Gasteiger partial charge in [0.2, 0.25) is 0 Å². The van der Waals surface area contributed by atoms with Crippen molar-refractivity contribution < 1.29 is 14.3 Å². The highest BCUT2D eigenvalue weighted by Crippen LogP contribution is 2.34. The Hall–Kier alpha value is -3.46. The highest BCUT2D eigenvalue weighted by Gasteiger charge is 2.13. The van der Waals surface area contributed by atoms with Crippen LogP contribution in [0.15, 0.2) is 78.9 Å². The van der Waals surface area contributed by atoms with E-state index in [1.807, 2.05) is 36.4 Å². The molecule has 0 heterocycles. The predicted octanol–water partition coefficient (Wildman–Crippen LogP) is 6.60. The summed E-state index contributed by atoms with van der Waals surface area (Å²) in [6.07, 6.45) is 3.50. The van der Waals surface area contributed by atoms with Crippen molar-refractivity contribution in [1.82, 2.24) is 0 Å². The molecule has 2 nitrogen and oxygen atoms in total. The van der Waals surface area contributed by atoms with Crippen LogP contribution < -0.4 is 0 Å². The van der Waals surface area contributed by atoms with E-state index >= 15 is 0 Å². The third kappa shape index (κ3) is 5.08. The minimum atomic E-state index is -0.971. The molecule has 3 heteroatoms. The van der Waals surface area contributed by atoms with Gasteiger partial charge in [-0.2, -0.15) is 0 Å². The number of hydrogen-bond acceptors (Lipinski definition) is 1. The van der Waals surface area contributed by atoms with Crippen molar-refractivity contribution >= 4 is 23.2 Å². The number of benzene rings is 3. The Balaban J connectivity index is 2.14. The number of rotatable bonds is 6. The molecule has 0 aliphatic rings. The van der Waals surface area contributed by atoms with Crippen molar-refractivity contribution in [1.29, 1.82) is 0 Å². The smallest absolute Gasteiger partial charge is 0.328 e. The number of aliphatic carboxylic acids is 1. The number of halogens is 1. The zero-order chi connectivity index (χ0) is 20.8. The zero-order valence-electron chi connectivity index (χ0n) is 16.5. The Labute approximate surface area is 170 Å². The lowest BCUT2D eigenvalue weighted by atomic mass is 9.87. The van der Waals surface area contributed by atoms with Crippen molar-refractivity contribution in [2.45, 2.75) is 20.3 Å². The molecular weight excluding hydrogens is 363 g/mol. The highest BCUT2D eigenvalue weighted by atomic mass is 19.1. The lowest BCUT2D eigenvalue weighted by Gasteiger charge is -2.17. The van der Waals surface area contributed by atoms with Gasteiger partial charge in [-0.05, 0) is 65.0 Å². The normalized spacial score (nSPS) is 12.1. The van der Waals surface area contributed by atoms with E-state index in [4.69, 9.17) is 5.11 Å². The second-order valence-corrected chi connectivity index (χ2v) is 6.87. The molecular formula is C26H23FO2. The third-order valence-electron chi connectivity index (χ3n) is 4.81. The minimum absolute atomic E-state index is 0.260. The summed E-state index contributed by atoms with van der Waals surface area (Å²) in [6.45, 7) is 4.15. The Morgan fingerprint density at radius 2 is 1.38 bits per heavy atom. The van der Waals surface area contributed by atoms with E-state index in [0.29, 0.717) is 0 Å². The van der Waals surface area contributed by atoms with Crippen LogP contribution in [0.5, 0.6) is 0 Å². The fourth-order valence-electron chi connectivity index (χ4n) is 3.34. The Kier molecular flexibility index (Phi) is 6.40. The summed E-state index contributed by atoms with van der Waals surface area (Å²) in [5, 5.41) is 8.80. The summed E-state index contributed by atoms with van der Waals surface area (Å²) in [6, 6.07) is 22.7. The number of allylic oxidation sites excluding steroid dienone is 1. The van der Waals surface area contributed by atoms with Crippen LogP contribution in [0, 0.1) is 12.7 Å². The number of carboxylic acid groups (broad SMARTS) is 1. The van der Waals surface area contributed by atoms with Gasteiger partial charge in [0, 0.05) is 6.08 Å². The molecule has 3 aromatic rings. The molecule has 0 atom stereocenters. The van der Waals surface area contributed by atoms with E-state index in [-0.39, 0.29) is 5.82 Å². The molecule has 0 saturated carbocycles. The predicted molar refractivity (Wildman–Crippen MR) is 117 cm³/mol. The van der Waals surface area contributed by atoms with Gasteiger partial charge in [-0.3, -0.25) is 0 Å². The van der Waals surface area contributed by atoms with E-state index in [1.165, 1.54) is 17.7 Å². The first-order chi connectivity index (χ1) is 14.0. The molecule has 1 N–H and O–H groups in total. The molecule has 0 saturated heterocycles. The molecule has 0 unspecified atom stereocenters. The zero-order valence-corrected chi connectivity index (χ0v) is 16.5. The monoisotopic (exact) mass is 386 g/mol. The van der Waals surface area contributed by atoms with Crippen molar-refractivity contribution in [3.63, 3.8) is 0 Å². The lowest BCUT2D eigenvalue weighted by Crippen LogP contribution is -1.96. The van der Waals surface area contributed by atoms with Crippen LogP contribution in [0.3, 0.4) is 0 Å². The van der Waals surface area contributed by atoms with Crippen LogP contribution in [-0.2, 0) is 4.79 Å². The van der Waals surface area contributed by atoms with Crippen molar-refractivity contribution in [3.8, 4) is 0 Å². The highest BCUT2D eigenvalue weighted by molar-refractivity contribution is 5.98. The molecule has 29 heavy (non-hydrogen) atoms. The molecule has 3 rings (SSSR count). The molecule has 0 aliphatic heterocycles. The standard InChI is InChI=1S/C26H23FO2/c1-3-24(20-11-6-19(7-12-20)8-17-25(28)29)26(21-9-4-18(2)5-10-21)22-13-15-23(27)16-14-22/h4-17H,3H2,1-2H3,(H,28,29)/b17-8+,26-24+. The van der Waals surface area contributed by atoms with E-state index < -0.39 is 5.97 Å². The van der Waals surface area contributed by atoms with E-state index in [9.17, 15) is 9.18 Å². The summed E-state index contributed by atoms with van der Waals surface area (Å²) in [7, 11) is 0. The van der Waals surface area contributed by atoms with Gasteiger partial charge < -0.3 is 5.11 Å². The van der Waals surface area contributed by atoms with E-state index in [0.717, 1.165) is 45.9 Å². The summed E-state index contributed by atoms with van der Waals surface area (Å²) in [5.74, 6) is -1.23. The van der Waals surface area contributed by atoms with Crippen LogP contribution in [0.4, 0.5) is 4.39 Å². The van der Waals surface area contributed by atoms with Gasteiger partial charge in [0.25, 0.3) is 0 Å². The molecule has 0 radical (unpaired) electrons. The van der Waals surface area contributed by atoms with Crippen LogP contribution in [0.1, 0.15) is 41.2 Å². The number of carbonyl (C=O) groups is 1. The van der Waals surface area contributed by atoms with Gasteiger partial charge in [-0.15, -0.1) is 0 Å². The average Bonchev–Trinajstić information content (AvgIpc) is 2.73. The fraction of sp³-hybridized carbons (Fsp3) is 0.115. The Bertz CT molecular complexity index is 994. The molecule has 0 aliphatic carbocycles. The number of hydrogen-bond donors (Lipinski definition) is 1. The van der Waals surface area contributed by atoms with E-state index in [1.54, 1.807) is 6.08 Å². The molecule has 0 spiro atoms. The van der Waals surface area contributed by atoms with Crippen LogP contribution >= 0.6 is 0 Å². The summed E-state index contributed by atoms with van der Waals surface area (Å²) >= 11 is 0. The molecule has 0 aromatic heterocycles. The maximum absolute atomic E-state index is 13.5. The van der Waals surface area contributed by atoms with Gasteiger partial charge >= 0.3 is 5.97 Å². The van der Waals surface area contributed by atoms with Gasteiger partial charge in [-0.25, -0.2) is 9.18 Å². The second kappa shape index (κ2) is 9.16. The molecule has 0 amide bonds. The fourth-order valence-corrected chi connectivity index (χ4v) is 3.34. The Morgan fingerprint density at radius 1 is 0.862 bits per heavy atom. The van der Waals surface area contributed by atoms with Crippen LogP contribution in [-0.4, -0.2) is 11.1 Å². The SMILES string of the molecule is CC/C(=C(/c1ccc(C)cc1)c1ccc(F)cc1)c1ccc(/C=C/C(=O)O)cc1. The quantitative estimate of drug-likeness (QED) is 0.383. The largest absolute Gasteiger partial charge is 0.478 e. The molecule has 146 valence electrons. The second-order valence-electron chi connectivity index (χ2n) is 6.87. The minimum Gasteiger partial charge on any atom is -0.478 e. The maximum atomic E-state index is 13.5. The average molecular weight is 386 g/mol. The topological polar surface area (TPSA) is 37.3 Å². The summed E-state index contributed by atoms with van der Waals surface area (Å²) < 4.78 is 13.5. The first-order valence-electron chi connectivity index (χ1n) is 9.55. The Morgan fingerprint density at radius 3 is 1.90 bits per heavy atom. The number of aryl methyl sites for hydroxylation is 1. The first-order valence-corrected chi connectivity index (χ1v) is 9.55. The molecule has 3 aromatic carbocycles. The van der Waals surface area contributed by atoms with Crippen LogP contribution in [0.2, 0.25) is 0 Å². The summed E-state index contributed by atoms with van der Waals surface area (Å²) in [5.41, 5.74) is 7.32. The van der Waals surface area contributed by atoms with Gasteiger partial charge in [0.15, 0.2) is 0 Å². The third-order valence-corrected chi connectivity index (χ3v) is 4.81. The van der Waals surface area contributed by atoms with Crippen molar-refractivity contribution in [2.24, 2.45) is 0 Å². The summed E-state index contributed by atoms with van der Waals surface area (Å²) in [4.78, 5) is 10.7. The van der Waals surface area contributed by atoms with Gasteiger partial charge in [-0.1, -0.05) is 73.2 Å².